The fourth-order valence-electron chi connectivity index (χ4n) is 2.37. The molecule has 0 atom stereocenters. The fraction of sp³-hybridized carbons (Fsp3) is 0.389. The number of aromatic nitrogens is 2. The molecule has 1 amide bonds. The Kier molecular flexibility index (Phi) is 6.12. The summed E-state index contributed by atoms with van der Waals surface area (Å²) < 4.78 is 5.66. The maximum atomic E-state index is 12.4. The van der Waals surface area contributed by atoms with Crippen LogP contribution in [0.2, 0.25) is 0 Å². The lowest BCUT2D eigenvalue weighted by molar-refractivity contribution is 0.0955. The third-order valence-corrected chi connectivity index (χ3v) is 3.57. The van der Waals surface area contributed by atoms with Crippen LogP contribution in [0.25, 0.3) is 11.3 Å². The number of carbonyl (C=O) groups excluding carboxylic acids is 1. The monoisotopic (exact) mass is 328 g/mol. The number of nitrogen functional groups attached to an aromatic ring is 1. The predicted octanol–water partition coefficient (Wildman–Crippen LogP) is 2.96. The van der Waals surface area contributed by atoms with Gasteiger partial charge in [0.25, 0.3) is 5.91 Å². The summed E-state index contributed by atoms with van der Waals surface area (Å²) in [6, 6.07) is 7.51. The van der Waals surface area contributed by atoms with E-state index in [-0.39, 0.29) is 11.9 Å². The van der Waals surface area contributed by atoms with Crippen LogP contribution in [0.1, 0.15) is 42.7 Å². The van der Waals surface area contributed by atoms with Crippen LogP contribution in [-0.4, -0.2) is 29.0 Å². The van der Waals surface area contributed by atoms with E-state index in [1.165, 1.54) is 0 Å². The quantitative estimate of drug-likeness (QED) is 0.763. The maximum absolute atomic E-state index is 12.4. The van der Waals surface area contributed by atoms with Crippen LogP contribution in [0.15, 0.2) is 24.3 Å². The zero-order chi connectivity index (χ0) is 17.5. The molecule has 0 aliphatic carbocycles. The maximum Gasteiger partial charge on any atom is 0.255 e. The molecule has 0 saturated heterocycles. The van der Waals surface area contributed by atoms with Gasteiger partial charge >= 0.3 is 0 Å². The average molecular weight is 328 g/mol. The van der Waals surface area contributed by atoms with Gasteiger partial charge < -0.3 is 15.8 Å². The molecule has 0 aliphatic rings. The van der Waals surface area contributed by atoms with Crippen molar-refractivity contribution in [2.45, 2.75) is 33.6 Å². The second-order valence-corrected chi connectivity index (χ2v) is 5.48. The minimum absolute atomic E-state index is 0.152. The molecule has 0 radical (unpaired) electrons. The minimum atomic E-state index is -0.201. The molecule has 2 rings (SSSR count). The lowest BCUT2D eigenvalue weighted by Crippen LogP contribution is -2.25. The molecule has 0 bridgehead atoms. The molecular formula is C18H24N4O2. The second-order valence-electron chi connectivity index (χ2n) is 5.48. The van der Waals surface area contributed by atoms with Crippen molar-refractivity contribution in [3.8, 4) is 17.0 Å². The van der Waals surface area contributed by atoms with E-state index in [0.717, 1.165) is 24.2 Å². The smallest absolute Gasteiger partial charge is 0.255 e. The van der Waals surface area contributed by atoms with E-state index in [9.17, 15) is 4.79 Å². The summed E-state index contributed by atoms with van der Waals surface area (Å²) >= 11 is 0. The molecule has 1 aromatic heterocycles. The second kappa shape index (κ2) is 8.29. The van der Waals surface area contributed by atoms with Crippen LogP contribution in [0.5, 0.6) is 5.75 Å². The van der Waals surface area contributed by atoms with Crippen molar-refractivity contribution in [2.24, 2.45) is 0 Å². The third kappa shape index (κ3) is 4.22. The molecular weight excluding hydrogens is 304 g/mol. The van der Waals surface area contributed by atoms with Gasteiger partial charge in [0.2, 0.25) is 5.95 Å². The van der Waals surface area contributed by atoms with E-state index in [0.29, 0.717) is 30.1 Å². The number of hydrogen-bond acceptors (Lipinski definition) is 5. The number of amides is 1. The van der Waals surface area contributed by atoms with E-state index >= 15 is 0 Å². The highest BCUT2D eigenvalue weighted by molar-refractivity contribution is 6.01. The van der Waals surface area contributed by atoms with Crippen molar-refractivity contribution in [1.82, 2.24) is 15.3 Å². The van der Waals surface area contributed by atoms with Gasteiger partial charge in [0.1, 0.15) is 5.75 Å². The number of aryl methyl sites for hydroxylation is 1. The van der Waals surface area contributed by atoms with Gasteiger partial charge in [0, 0.05) is 12.1 Å². The summed E-state index contributed by atoms with van der Waals surface area (Å²) in [4.78, 5) is 20.7. The summed E-state index contributed by atoms with van der Waals surface area (Å²) in [6.45, 7) is 6.98. The topological polar surface area (TPSA) is 90.1 Å². The number of nitrogens with two attached hydrogens (primary N) is 1. The number of nitrogens with one attached hydrogen (secondary N) is 1. The summed E-state index contributed by atoms with van der Waals surface area (Å²) in [5, 5.41) is 2.79. The Bertz CT molecular complexity index is 699. The highest BCUT2D eigenvalue weighted by Gasteiger charge is 2.19. The predicted molar refractivity (Wildman–Crippen MR) is 95.0 cm³/mol. The Morgan fingerprint density at radius 2 is 1.92 bits per heavy atom. The number of ether oxygens (including phenoxy) is 1. The number of nitrogens with zero attached hydrogens (tertiary/aromatic N) is 2. The SMILES string of the molecule is CCCCOc1ccc(-c2nc(N)nc(C)c2C(=O)NCC)cc1. The van der Waals surface area contributed by atoms with Crippen molar-refractivity contribution < 1.29 is 9.53 Å². The number of carbonyl (C=O) groups is 1. The van der Waals surface area contributed by atoms with Crippen LogP contribution >= 0.6 is 0 Å². The normalized spacial score (nSPS) is 10.5. The van der Waals surface area contributed by atoms with Crippen molar-refractivity contribution >= 4 is 11.9 Å². The van der Waals surface area contributed by atoms with E-state index in [1.807, 2.05) is 31.2 Å². The van der Waals surface area contributed by atoms with E-state index < -0.39 is 0 Å². The first-order chi connectivity index (χ1) is 11.6. The molecule has 128 valence electrons. The largest absolute Gasteiger partial charge is 0.494 e. The number of hydrogen-bond donors (Lipinski definition) is 2. The van der Waals surface area contributed by atoms with E-state index in [1.54, 1.807) is 6.92 Å². The van der Waals surface area contributed by atoms with Gasteiger partial charge in [0.05, 0.1) is 23.6 Å². The number of anilines is 1. The van der Waals surface area contributed by atoms with E-state index in [4.69, 9.17) is 10.5 Å². The van der Waals surface area contributed by atoms with Crippen molar-refractivity contribution in [3.05, 3.63) is 35.5 Å². The molecule has 0 saturated carbocycles. The summed E-state index contributed by atoms with van der Waals surface area (Å²) in [6.07, 6.45) is 2.11. The summed E-state index contributed by atoms with van der Waals surface area (Å²) in [5.74, 6) is 0.748. The molecule has 6 heteroatoms. The van der Waals surface area contributed by atoms with Gasteiger partial charge in [-0.15, -0.1) is 0 Å². The van der Waals surface area contributed by atoms with Gasteiger partial charge in [-0.05, 0) is 44.5 Å². The molecule has 0 fully saturated rings. The Morgan fingerprint density at radius 1 is 1.21 bits per heavy atom. The molecule has 1 aromatic carbocycles. The van der Waals surface area contributed by atoms with Crippen LogP contribution in [-0.2, 0) is 0 Å². The zero-order valence-corrected chi connectivity index (χ0v) is 14.4. The van der Waals surface area contributed by atoms with E-state index in [2.05, 4.69) is 22.2 Å². The van der Waals surface area contributed by atoms with Crippen molar-refractivity contribution in [2.75, 3.05) is 18.9 Å². The molecule has 0 spiro atoms. The average Bonchev–Trinajstić information content (AvgIpc) is 2.55. The molecule has 0 aliphatic heterocycles. The minimum Gasteiger partial charge on any atom is -0.494 e. The summed E-state index contributed by atoms with van der Waals surface area (Å²) in [7, 11) is 0. The van der Waals surface area contributed by atoms with Crippen molar-refractivity contribution in [1.29, 1.82) is 0 Å². The Hall–Kier alpha value is -2.63. The molecule has 1 heterocycles. The van der Waals surface area contributed by atoms with Crippen LogP contribution in [0.4, 0.5) is 5.95 Å². The molecule has 24 heavy (non-hydrogen) atoms. The van der Waals surface area contributed by atoms with Crippen LogP contribution in [0.3, 0.4) is 0 Å². The Labute approximate surface area is 142 Å². The zero-order valence-electron chi connectivity index (χ0n) is 14.4. The lowest BCUT2D eigenvalue weighted by atomic mass is 10.0. The molecule has 0 unspecified atom stereocenters. The number of unbranched alkanes of at least 4 members (excludes halogenated alkanes) is 1. The number of benzene rings is 1. The van der Waals surface area contributed by atoms with Crippen LogP contribution in [0, 0.1) is 6.92 Å². The molecule has 6 nitrogen and oxygen atoms in total. The van der Waals surface area contributed by atoms with Crippen LogP contribution < -0.4 is 15.8 Å². The Morgan fingerprint density at radius 3 is 2.54 bits per heavy atom. The van der Waals surface area contributed by atoms with Gasteiger partial charge in [-0.1, -0.05) is 13.3 Å². The first kappa shape index (κ1) is 17.7. The van der Waals surface area contributed by atoms with Gasteiger partial charge in [0.15, 0.2) is 0 Å². The first-order valence-corrected chi connectivity index (χ1v) is 8.22. The van der Waals surface area contributed by atoms with Gasteiger partial charge in [-0.25, -0.2) is 9.97 Å². The Balaban J connectivity index is 2.35. The third-order valence-electron chi connectivity index (χ3n) is 3.57. The molecule has 3 N–H and O–H groups in total. The lowest BCUT2D eigenvalue weighted by Gasteiger charge is -2.12. The fourth-order valence-corrected chi connectivity index (χ4v) is 2.37. The highest BCUT2D eigenvalue weighted by Crippen LogP contribution is 2.26. The number of rotatable bonds is 7. The molecule has 2 aromatic rings. The standard InChI is InChI=1S/C18H24N4O2/c1-4-6-11-24-14-9-7-13(8-10-14)16-15(17(23)20-5-2)12(3)21-18(19)22-16/h7-10H,4-6,11H2,1-3H3,(H,20,23)(H2,19,21,22). The van der Waals surface area contributed by atoms with Gasteiger partial charge in [-0.3, -0.25) is 4.79 Å². The van der Waals surface area contributed by atoms with Gasteiger partial charge in [-0.2, -0.15) is 0 Å². The summed E-state index contributed by atoms with van der Waals surface area (Å²) in [5.41, 5.74) is 8.12. The highest BCUT2D eigenvalue weighted by atomic mass is 16.5. The first-order valence-electron chi connectivity index (χ1n) is 8.22. The van der Waals surface area contributed by atoms with Crippen molar-refractivity contribution in [3.63, 3.8) is 0 Å².